The van der Waals surface area contributed by atoms with Crippen LogP contribution in [-0.4, -0.2) is 19.7 Å². The van der Waals surface area contributed by atoms with Crippen molar-refractivity contribution in [1.29, 1.82) is 0 Å². The van der Waals surface area contributed by atoms with Gasteiger partial charge in [0.15, 0.2) is 0 Å². The third-order valence-corrected chi connectivity index (χ3v) is 4.60. The maximum absolute atomic E-state index is 12.3. The fourth-order valence-corrected chi connectivity index (χ4v) is 3.73. The molecule has 0 radical (unpaired) electrons. The fourth-order valence-electron chi connectivity index (χ4n) is 3.73. The molecule has 1 saturated carbocycles. The zero-order valence-corrected chi connectivity index (χ0v) is 14.2. The first kappa shape index (κ1) is 16.9. The Hall–Kier alpha value is -1.51. The van der Waals surface area contributed by atoms with Crippen LogP contribution < -0.4 is 4.74 Å². The van der Waals surface area contributed by atoms with Crippen molar-refractivity contribution in [2.45, 2.75) is 46.0 Å². The highest BCUT2D eigenvalue weighted by molar-refractivity contribution is 5.74. The molecule has 22 heavy (non-hydrogen) atoms. The molecule has 1 aromatic rings. The van der Waals surface area contributed by atoms with Crippen molar-refractivity contribution < 1.29 is 14.3 Å². The monoisotopic (exact) mass is 304 g/mol. The molecule has 0 N–H and O–H groups in total. The summed E-state index contributed by atoms with van der Waals surface area (Å²) in [6, 6.07) is 8.14. The standard InChI is InChI=1S/C19H28O3/c1-5-22-19(20)18-12-14(10-13(2)3)11-17(18)15-6-8-16(21-4)9-7-15/h6-9,13-14,17-18H,5,10-12H2,1-4H3/t14-,17+,18+/m0/s1. The van der Waals surface area contributed by atoms with E-state index < -0.39 is 0 Å². The molecule has 0 aromatic heterocycles. The Bertz CT molecular complexity index is 478. The number of ether oxygens (including phenoxy) is 2. The van der Waals surface area contributed by atoms with Gasteiger partial charge in [0.05, 0.1) is 19.6 Å². The molecule has 1 aromatic carbocycles. The van der Waals surface area contributed by atoms with Gasteiger partial charge in [-0.2, -0.15) is 0 Å². The van der Waals surface area contributed by atoms with Crippen LogP contribution in [0.3, 0.4) is 0 Å². The molecule has 3 heteroatoms. The lowest BCUT2D eigenvalue weighted by Crippen LogP contribution is -2.20. The molecule has 0 saturated heterocycles. The number of rotatable bonds is 6. The third kappa shape index (κ3) is 4.02. The summed E-state index contributed by atoms with van der Waals surface area (Å²) in [4.78, 5) is 12.3. The van der Waals surface area contributed by atoms with Crippen molar-refractivity contribution in [1.82, 2.24) is 0 Å². The molecule has 3 atom stereocenters. The average Bonchev–Trinajstić information content (AvgIpc) is 2.90. The van der Waals surface area contributed by atoms with E-state index in [-0.39, 0.29) is 17.8 Å². The van der Waals surface area contributed by atoms with Crippen LogP contribution in [0.4, 0.5) is 0 Å². The van der Waals surface area contributed by atoms with Gasteiger partial charge < -0.3 is 9.47 Å². The van der Waals surface area contributed by atoms with E-state index in [0.29, 0.717) is 18.4 Å². The number of hydrogen-bond donors (Lipinski definition) is 0. The number of hydrogen-bond acceptors (Lipinski definition) is 3. The summed E-state index contributed by atoms with van der Waals surface area (Å²) in [5.41, 5.74) is 1.23. The maximum Gasteiger partial charge on any atom is 0.309 e. The Morgan fingerprint density at radius 3 is 2.45 bits per heavy atom. The fraction of sp³-hybridized carbons (Fsp3) is 0.632. The normalized spacial score (nSPS) is 24.5. The van der Waals surface area contributed by atoms with E-state index in [0.717, 1.165) is 18.6 Å². The molecule has 1 aliphatic rings. The van der Waals surface area contributed by atoms with E-state index in [4.69, 9.17) is 9.47 Å². The van der Waals surface area contributed by atoms with Crippen molar-refractivity contribution in [3.05, 3.63) is 29.8 Å². The van der Waals surface area contributed by atoms with E-state index in [2.05, 4.69) is 26.0 Å². The van der Waals surface area contributed by atoms with Gasteiger partial charge in [-0.25, -0.2) is 0 Å². The molecule has 0 unspecified atom stereocenters. The van der Waals surface area contributed by atoms with Gasteiger partial charge >= 0.3 is 5.97 Å². The first-order valence-corrected chi connectivity index (χ1v) is 8.35. The van der Waals surface area contributed by atoms with Crippen molar-refractivity contribution in [2.75, 3.05) is 13.7 Å². The van der Waals surface area contributed by atoms with Crippen LogP contribution >= 0.6 is 0 Å². The summed E-state index contributed by atoms with van der Waals surface area (Å²) < 4.78 is 10.5. The number of carbonyl (C=O) groups excluding carboxylic acids is 1. The number of carbonyl (C=O) groups is 1. The Labute approximate surface area is 134 Å². The Morgan fingerprint density at radius 1 is 1.23 bits per heavy atom. The van der Waals surface area contributed by atoms with Gasteiger partial charge in [-0.1, -0.05) is 26.0 Å². The van der Waals surface area contributed by atoms with Crippen LogP contribution in [-0.2, 0) is 9.53 Å². The molecule has 0 aliphatic heterocycles. The minimum Gasteiger partial charge on any atom is -0.497 e. The molecule has 0 spiro atoms. The molecule has 0 heterocycles. The number of benzene rings is 1. The van der Waals surface area contributed by atoms with Gasteiger partial charge in [-0.15, -0.1) is 0 Å². The summed E-state index contributed by atoms with van der Waals surface area (Å²) in [6.45, 7) is 6.83. The van der Waals surface area contributed by atoms with E-state index in [1.165, 1.54) is 12.0 Å². The predicted octanol–water partition coefficient (Wildman–Crippen LogP) is 4.41. The SMILES string of the molecule is CCOC(=O)[C@@H]1C[C@@H](CC(C)C)C[C@@H]1c1ccc(OC)cc1. The van der Waals surface area contributed by atoms with Gasteiger partial charge in [0, 0.05) is 0 Å². The molecule has 2 rings (SSSR count). The smallest absolute Gasteiger partial charge is 0.309 e. The Morgan fingerprint density at radius 2 is 1.91 bits per heavy atom. The van der Waals surface area contributed by atoms with Gasteiger partial charge in [0.1, 0.15) is 5.75 Å². The lowest BCUT2D eigenvalue weighted by Gasteiger charge is -2.18. The second-order valence-corrected chi connectivity index (χ2v) is 6.71. The van der Waals surface area contributed by atoms with Crippen molar-refractivity contribution in [3.63, 3.8) is 0 Å². The van der Waals surface area contributed by atoms with Crippen LogP contribution in [0.25, 0.3) is 0 Å². The maximum atomic E-state index is 12.3. The van der Waals surface area contributed by atoms with E-state index >= 15 is 0 Å². The van der Waals surface area contributed by atoms with Gasteiger partial charge in [-0.3, -0.25) is 4.79 Å². The van der Waals surface area contributed by atoms with Gasteiger partial charge in [0.25, 0.3) is 0 Å². The van der Waals surface area contributed by atoms with Gasteiger partial charge in [-0.05, 0) is 61.6 Å². The summed E-state index contributed by atoms with van der Waals surface area (Å²) in [5.74, 6) is 2.37. The molecule has 0 amide bonds. The van der Waals surface area contributed by atoms with Crippen molar-refractivity contribution in [2.24, 2.45) is 17.8 Å². The number of methoxy groups -OCH3 is 1. The Balaban J connectivity index is 2.17. The van der Waals surface area contributed by atoms with Crippen LogP contribution in [0.2, 0.25) is 0 Å². The summed E-state index contributed by atoms with van der Waals surface area (Å²) in [6.07, 6.45) is 3.21. The molecule has 1 aliphatic carbocycles. The van der Waals surface area contributed by atoms with Crippen molar-refractivity contribution in [3.8, 4) is 5.75 Å². The topological polar surface area (TPSA) is 35.5 Å². The largest absolute Gasteiger partial charge is 0.497 e. The molecular formula is C19H28O3. The summed E-state index contributed by atoms with van der Waals surface area (Å²) in [5, 5.41) is 0. The van der Waals surface area contributed by atoms with Crippen LogP contribution in [0.15, 0.2) is 24.3 Å². The quantitative estimate of drug-likeness (QED) is 0.730. The first-order valence-electron chi connectivity index (χ1n) is 8.35. The lowest BCUT2D eigenvalue weighted by atomic mass is 9.88. The van der Waals surface area contributed by atoms with Gasteiger partial charge in [0.2, 0.25) is 0 Å². The minimum atomic E-state index is -0.0328. The van der Waals surface area contributed by atoms with Crippen molar-refractivity contribution >= 4 is 5.97 Å². The zero-order chi connectivity index (χ0) is 16.1. The first-order chi connectivity index (χ1) is 10.5. The van der Waals surface area contributed by atoms with E-state index in [1.807, 2.05) is 19.1 Å². The van der Waals surface area contributed by atoms with Crippen LogP contribution in [0.5, 0.6) is 5.75 Å². The van der Waals surface area contributed by atoms with Crippen LogP contribution in [0, 0.1) is 17.8 Å². The van der Waals surface area contributed by atoms with E-state index in [1.54, 1.807) is 7.11 Å². The highest BCUT2D eigenvalue weighted by atomic mass is 16.5. The molecule has 122 valence electrons. The highest BCUT2D eigenvalue weighted by Crippen LogP contribution is 2.46. The molecule has 0 bridgehead atoms. The number of esters is 1. The highest BCUT2D eigenvalue weighted by Gasteiger charge is 2.40. The van der Waals surface area contributed by atoms with E-state index in [9.17, 15) is 4.79 Å². The summed E-state index contributed by atoms with van der Waals surface area (Å²) >= 11 is 0. The second-order valence-electron chi connectivity index (χ2n) is 6.71. The average molecular weight is 304 g/mol. The zero-order valence-electron chi connectivity index (χ0n) is 14.2. The molecule has 3 nitrogen and oxygen atoms in total. The second kappa shape index (κ2) is 7.66. The Kier molecular flexibility index (Phi) is 5.87. The van der Waals surface area contributed by atoms with Crippen LogP contribution in [0.1, 0.15) is 51.5 Å². The lowest BCUT2D eigenvalue weighted by molar-refractivity contribution is -0.148. The molecule has 1 fully saturated rings. The minimum absolute atomic E-state index is 0.00269. The summed E-state index contributed by atoms with van der Waals surface area (Å²) in [7, 11) is 1.67. The third-order valence-electron chi connectivity index (χ3n) is 4.60. The predicted molar refractivity (Wildman–Crippen MR) is 88.0 cm³/mol. The molecular weight excluding hydrogens is 276 g/mol.